The summed E-state index contributed by atoms with van der Waals surface area (Å²) >= 11 is 0. The monoisotopic (exact) mass is 460 g/mol. The molecule has 1 N–H and O–H groups in total. The summed E-state index contributed by atoms with van der Waals surface area (Å²) in [6.45, 7) is 6.28. The van der Waals surface area contributed by atoms with E-state index in [4.69, 9.17) is 0 Å². The number of aromatic nitrogens is 2. The van der Waals surface area contributed by atoms with Crippen molar-refractivity contribution in [3.05, 3.63) is 17.5 Å². The summed E-state index contributed by atoms with van der Waals surface area (Å²) in [5.74, 6) is -1.08. The third kappa shape index (κ3) is 3.68. The second-order valence-corrected chi connectivity index (χ2v) is 12.0. The second kappa shape index (κ2) is 7.05. The Labute approximate surface area is 179 Å². The summed E-state index contributed by atoms with van der Waals surface area (Å²) in [6, 6.07) is -0.0452. The van der Waals surface area contributed by atoms with E-state index >= 15 is 0 Å². The molecule has 1 aromatic heterocycles. The van der Waals surface area contributed by atoms with Crippen molar-refractivity contribution in [1.29, 1.82) is 0 Å². The number of rotatable bonds is 3. The predicted octanol–water partition coefficient (Wildman–Crippen LogP) is 2.99. The van der Waals surface area contributed by atoms with Crippen molar-refractivity contribution in [3.63, 3.8) is 0 Å². The zero-order valence-electron chi connectivity index (χ0n) is 17.8. The molecule has 0 unspecified atom stereocenters. The molecule has 0 radical (unpaired) electrons. The average Bonchev–Trinajstić information content (AvgIpc) is 3.00. The molecule has 31 heavy (non-hydrogen) atoms. The van der Waals surface area contributed by atoms with Crippen LogP contribution in [0.1, 0.15) is 56.1 Å². The van der Waals surface area contributed by atoms with Gasteiger partial charge in [0.15, 0.2) is 15.5 Å². The number of alkyl halides is 3. The van der Waals surface area contributed by atoms with E-state index in [9.17, 15) is 26.4 Å². The van der Waals surface area contributed by atoms with Gasteiger partial charge in [-0.15, -0.1) is 0 Å². The van der Waals surface area contributed by atoms with E-state index in [1.165, 1.54) is 0 Å². The van der Waals surface area contributed by atoms with Gasteiger partial charge in [-0.05, 0) is 36.0 Å². The summed E-state index contributed by atoms with van der Waals surface area (Å²) < 4.78 is 64.4. The van der Waals surface area contributed by atoms with E-state index in [0.29, 0.717) is 5.92 Å². The molecular formula is C20H27F3N4O3S. The first kappa shape index (κ1) is 22.3. The van der Waals surface area contributed by atoms with Crippen LogP contribution in [0.5, 0.6) is 0 Å². The van der Waals surface area contributed by atoms with Gasteiger partial charge in [0.1, 0.15) is 0 Å². The summed E-state index contributed by atoms with van der Waals surface area (Å²) in [4.78, 5) is 21.6. The normalized spacial score (nSPS) is 31.6. The zero-order chi connectivity index (χ0) is 22.8. The fourth-order valence-corrected chi connectivity index (χ4v) is 6.69. The molecule has 2 aliphatic carbocycles. The maximum absolute atomic E-state index is 13.8. The topological polar surface area (TPSA) is 92.3 Å². The number of halogens is 3. The second-order valence-electron chi connectivity index (χ2n) is 9.71. The average molecular weight is 461 g/mol. The molecule has 2 bridgehead atoms. The number of nitrogens with zero attached hydrogens (tertiary/aromatic N) is 3. The highest BCUT2D eigenvalue weighted by molar-refractivity contribution is 7.91. The van der Waals surface area contributed by atoms with Crippen LogP contribution in [0.4, 0.5) is 19.1 Å². The first-order chi connectivity index (χ1) is 14.2. The maximum Gasteiger partial charge on any atom is 0.434 e. The molecule has 1 saturated heterocycles. The van der Waals surface area contributed by atoms with Crippen molar-refractivity contribution >= 4 is 21.7 Å². The molecule has 172 valence electrons. The number of carbonyl (C=O) groups excluding carboxylic acids is 1. The minimum atomic E-state index is -4.84. The summed E-state index contributed by atoms with van der Waals surface area (Å²) in [5, 5.41) is 3.11. The van der Waals surface area contributed by atoms with Crippen LogP contribution >= 0.6 is 0 Å². The van der Waals surface area contributed by atoms with Gasteiger partial charge in [-0.25, -0.2) is 18.4 Å². The van der Waals surface area contributed by atoms with Crippen LogP contribution in [0.2, 0.25) is 0 Å². The Morgan fingerprint density at radius 3 is 2.39 bits per heavy atom. The van der Waals surface area contributed by atoms with Gasteiger partial charge in [-0.3, -0.25) is 4.79 Å². The Morgan fingerprint density at radius 2 is 1.87 bits per heavy atom. The number of sulfone groups is 1. The molecule has 1 aliphatic heterocycles. The van der Waals surface area contributed by atoms with Crippen molar-refractivity contribution in [2.45, 2.75) is 52.3 Å². The quantitative estimate of drug-likeness (QED) is 0.746. The molecular weight excluding hydrogens is 433 g/mol. The Morgan fingerprint density at radius 1 is 1.23 bits per heavy atom. The summed E-state index contributed by atoms with van der Waals surface area (Å²) in [5.41, 5.74) is -1.96. The molecule has 2 heterocycles. The highest BCUT2D eigenvalue weighted by Gasteiger charge is 2.61. The highest BCUT2D eigenvalue weighted by atomic mass is 32.2. The molecule has 2 saturated carbocycles. The van der Waals surface area contributed by atoms with Crippen molar-refractivity contribution in [3.8, 4) is 0 Å². The van der Waals surface area contributed by atoms with E-state index in [2.05, 4.69) is 36.1 Å². The fourth-order valence-electron chi connectivity index (χ4n) is 5.49. The molecule has 1 aromatic rings. The number of hydrogen-bond acceptors (Lipinski definition) is 6. The van der Waals surface area contributed by atoms with Gasteiger partial charge in [-0.2, -0.15) is 13.2 Å². The number of nitrogens with one attached hydrogen (secondary N) is 1. The van der Waals surface area contributed by atoms with E-state index in [0.717, 1.165) is 30.4 Å². The Hall–Kier alpha value is -1.91. The van der Waals surface area contributed by atoms with Gasteiger partial charge in [0, 0.05) is 25.3 Å². The summed E-state index contributed by atoms with van der Waals surface area (Å²) in [7, 11) is -3.27. The number of amides is 1. The van der Waals surface area contributed by atoms with E-state index in [-0.39, 0.29) is 47.4 Å². The number of hydrogen-bond donors (Lipinski definition) is 1. The first-order valence-electron chi connectivity index (χ1n) is 10.4. The first-order valence-corrected chi connectivity index (χ1v) is 12.3. The minimum Gasteiger partial charge on any atom is -0.351 e. The smallest absolute Gasteiger partial charge is 0.351 e. The Balaban J connectivity index is 1.59. The van der Waals surface area contributed by atoms with Crippen molar-refractivity contribution in [2.24, 2.45) is 16.7 Å². The van der Waals surface area contributed by atoms with Gasteiger partial charge < -0.3 is 10.2 Å². The lowest BCUT2D eigenvalue weighted by atomic mass is 9.69. The maximum atomic E-state index is 13.8. The lowest BCUT2D eigenvalue weighted by Gasteiger charge is -2.39. The summed E-state index contributed by atoms with van der Waals surface area (Å²) in [6.07, 6.45) is -0.996. The highest BCUT2D eigenvalue weighted by Crippen LogP contribution is 2.65. The molecule has 4 rings (SSSR count). The zero-order valence-corrected chi connectivity index (χ0v) is 18.6. The van der Waals surface area contributed by atoms with Crippen LogP contribution < -0.4 is 5.32 Å². The van der Waals surface area contributed by atoms with Crippen molar-refractivity contribution in [1.82, 2.24) is 14.9 Å². The van der Waals surface area contributed by atoms with Crippen LogP contribution in [-0.2, 0) is 16.0 Å². The third-order valence-electron chi connectivity index (χ3n) is 8.02. The molecule has 0 spiro atoms. The Bertz CT molecular complexity index is 997. The van der Waals surface area contributed by atoms with E-state index in [1.54, 1.807) is 0 Å². The molecule has 0 aromatic carbocycles. The van der Waals surface area contributed by atoms with Gasteiger partial charge in [0.2, 0.25) is 5.95 Å². The molecule has 3 atom stereocenters. The molecule has 1 amide bonds. The molecule has 3 aliphatic rings. The van der Waals surface area contributed by atoms with Gasteiger partial charge >= 0.3 is 6.18 Å². The standard InChI is InChI=1S/C20H27F3N4O3S/c1-18(2)12-4-5-19(18,3)14(10-12)25-17-24-11-13(15(26-17)20(21,22)23)16(28)27-6-8-31(29,30)9-7-27/h11-12,14H,4-10H2,1-3H3,(H,24,25,26)/t12-,14-,19-/m0/s1. The fraction of sp³-hybridized carbons (Fsp3) is 0.750. The van der Waals surface area contributed by atoms with Crippen LogP contribution in [0.15, 0.2) is 6.20 Å². The van der Waals surface area contributed by atoms with Crippen molar-refractivity contribution in [2.75, 3.05) is 29.9 Å². The van der Waals surface area contributed by atoms with Gasteiger partial charge in [-0.1, -0.05) is 20.8 Å². The molecule has 3 fully saturated rings. The predicted molar refractivity (Wildman–Crippen MR) is 108 cm³/mol. The van der Waals surface area contributed by atoms with Crippen LogP contribution in [0, 0.1) is 16.7 Å². The largest absolute Gasteiger partial charge is 0.434 e. The van der Waals surface area contributed by atoms with E-state index in [1.807, 2.05) is 0 Å². The van der Waals surface area contributed by atoms with Crippen LogP contribution in [-0.4, -0.2) is 59.8 Å². The number of anilines is 1. The SMILES string of the molecule is CC1(C)[C@H]2CC[C@@]1(C)[C@@H](Nc1ncc(C(=O)N3CCS(=O)(=O)CC3)c(C(F)(F)F)n1)C2. The Kier molecular flexibility index (Phi) is 5.07. The van der Waals surface area contributed by atoms with Crippen LogP contribution in [0.25, 0.3) is 0 Å². The van der Waals surface area contributed by atoms with E-state index < -0.39 is 33.2 Å². The number of fused-ring (bicyclic) bond motifs is 2. The third-order valence-corrected chi connectivity index (χ3v) is 9.63. The molecule has 11 heteroatoms. The number of carbonyl (C=O) groups is 1. The van der Waals surface area contributed by atoms with Gasteiger partial charge in [0.05, 0.1) is 17.1 Å². The lowest BCUT2D eigenvalue weighted by molar-refractivity contribution is -0.141. The lowest BCUT2D eigenvalue weighted by Crippen LogP contribution is -2.44. The van der Waals surface area contributed by atoms with Crippen LogP contribution in [0.3, 0.4) is 0 Å². The minimum absolute atomic E-state index is 0.0452. The van der Waals surface area contributed by atoms with Crippen molar-refractivity contribution < 1.29 is 26.4 Å². The van der Waals surface area contributed by atoms with Gasteiger partial charge in [0.25, 0.3) is 5.91 Å². The molecule has 7 nitrogen and oxygen atoms in total.